The SMILES string of the molecule is Cn1cc(CN2CCC3(CC2)C[C@@H](CC(=O)NCC2CC2)c2ccccc2O3)cn1. The van der Waals surface area contributed by atoms with E-state index in [9.17, 15) is 4.79 Å². The molecule has 2 fully saturated rings. The van der Waals surface area contributed by atoms with Gasteiger partial charge in [0.05, 0.1) is 6.20 Å². The summed E-state index contributed by atoms with van der Waals surface area (Å²) in [6, 6.07) is 8.32. The molecule has 160 valence electrons. The molecular weight excluding hydrogens is 376 g/mol. The van der Waals surface area contributed by atoms with Gasteiger partial charge in [-0.25, -0.2) is 0 Å². The lowest BCUT2D eigenvalue weighted by Crippen LogP contribution is -2.50. The zero-order valence-electron chi connectivity index (χ0n) is 17.8. The quantitative estimate of drug-likeness (QED) is 0.797. The van der Waals surface area contributed by atoms with Crippen LogP contribution in [0.4, 0.5) is 0 Å². The average molecular weight is 409 g/mol. The van der Waals surface area contributed by atoms with Crippen LogP contribution in [0.1, 0.15) is 55.6 Å². The Balaban J connectivity index is 1.25. The Bertz CT molecular complexity index is 896. The first-order valence-electron chi connectivity index (χ1n) is 11.3. The van der Waals surface area contributed by atoms with E-state index in [2.05, 4.69) is 39.7 Å². The average Bonchev–Trinajstić information content (AvgIpc) is 3.49. The van der Waals surface area contributed by atoms with Crippen molar-refractivity contribution >= 4 is 5.91 Å². The van der Waals surface area contributed by atoms with E-state index in [0.717, 1.165) is 51.2 Å². The van der Waals surface area contributed by atoms with Crippen LogP contribution < -0.4 is 10.1 Å². The molecule has 5 rings (SSSR count). The highest BCUT2D eigenvalue weighted by molar-refractivity contribution is 5.77. The molecule has 1 aromatic heterocycles. The van der Waals surface area contributed by atoms with E-state index in [-0.39, 0.29) is 17.4 Å². The summed E-state index contributed by atoms with van der Waals surface area (Å²) in [7, 11) is 1.96. The number of piperidine rings is 1. The van der Waals surface area contributed by atoms with Gasteiger partial charge >= 0.3 is 0 Å². The maximum absolute atomic E-state index is 12.6. The summed E-state index contributed by atoms with van der Waals surface area (Å²) in [5.41, 5.74) is 2.30. The molecule has 0 unspecified atom stereocenters. The molecule has 1 aliphatic carbocycles. The summed E-state index contributed by atoms with van der Waals surface area (Å²) >= 11 is 0. The number of nitrogens with one attached hydrogen (secondary N) is 1. The summed E-state index contributed by atoms with van der Waals surface area (Å²) in [4.78, 5) is 15.1. The van der Waals surface area contributed by atoms with Gasteiger partial charge < -0.3 is 10.1 Å². The molecule has 3 aliphatic rings. The zero-order valence-corrected chi connectivity index (χ0v) is 17.8. The highest BCUT2D eigenvalue weighted by Crippen LogP contribution is 2.46. The van der Waals surface area contributed by atoms with Crippen molar-refractivity contribution in [2.75, 3.05) is 19.6 Å². The number of aromatic nitrogens is 2. The molecule has 6 nitrogen and oxygen atoms in total. The second-order valence-corrected chi connectivity index (χ2v) is 9.47. The third-order valence-corrected chi connectivity index (χ3v) is 6.95. The van der Waals surface area contributed by atoms with Crippen LogP contribution in [-0.4, -0.2) is 45.8 Å². The number of rotatable bonds is 6. The van der Waals surface area contributed by atoms with E-state index in [0.29, 0.717) is 12.3 Å². The fraction of sp³-hybridized carbons (Fsp3) is 0.583. The number of ether oxygens (including phenoxy) is 1. The highest BCUT2D eigenvalue weighted by atomic mass is 16.5. The number of carbonyl (C=O) groups is 1. The minimum absolute atomic E-state index is 0.152. The van der Waals surface area contributed by atoms with Crippen LogP contribution in [0.5, 0.6) is 5.75 Å². The normalized spacial score (nSPS) is 23.0. The topological polar surface area (TPSA) is 59.4 Å². The van der Waals surface area contributed by atoms with Crippen LogP contribution in [0.25, 0.3) is 0 Å². The van der Waals surface area contributed by atoms with Crippen molar-refractivity contribution in [1.82, 2.24) is 20.0 Å². The van der Waals surface area contributed by atoms with Crippen molar-refractivity contribution in [3.05, 3.63) is 47.8 Å². The molecule has 2 aromatic rings. The van der Waals surface area contributed by atoms with Gasteiger partial charge in [-0.15, -0.1) is 0 Å². The lowest BCUT2D eigenvalue weighted by Gasteiger charge is -2.47. The maximum Gasteiger partial charge on any atom is 0.220 e. The van der Waals surface area contributed by atoms with E-state index >= 15 is 0 Å². The molecule has 0 radical (unpaired) electrons. The monoisotopic (exact) mass is 408 g/mol. The van der Waals surface area contributed by atoms with Gasteiger partial charge in [-0.2, -0.15) is 5.10 Å². The van der Waals surface area contributed by atoms with Gasteiger partial charge in [-0.3, -0.25) is 14.4 Å². The summed E-state index contributed by atoms with van der Waals surface area (Å²) < 4.78 is 8.47. The minimum atomic E-state index is -0.152. The van der Waals surface area contributed by atoms with Crippen LogP contribution in [0.3, 0.4) is 0 Å². The molecule has 2 aliphatic heterocycles. The lowest BCUT2D eigenvalue weighted by molar-refractivity contribution is -0.122. The Kier molecular flexibility index (Phi) is 5.27. The molecule has 0 bridgehead atoms. The minimum Gasteiger partial charge on any atom is -0.487 e. The van der Waals surface area contributed by atoms with Crippen molar-refractivity contribution in [2.24, 2.45) is 13.0 Å². The van der Waals surface area contributed by atoms with E-state index in [4.69, 9.17) is 4.74 Å². The molecule has 6 heteroatoms. The molecule has 3 heterocycles. The van der Waals surface area contributed by atoms with Gasteiger partial charge in [0.15, 0.2) is 0 Å². The predicted octanol–water partition coefficient (Wildman–Crippen LogP) is 3.24. The van der Waals surface area contributed by atoms with Crippen molar-refractivity contribution in [1.29, 1.82) is 0 Å². The van der Waals surface area contributed by atoms with Gasteiger partial charge in [-0.05, 0) is 49.7 Å². The number of benzene rings is 1. The van der Waals surface area contributed by atoms with Crippen LogP contribution in [0, 0.1) is 5.92 Å². The number of aryl methyl sites for hydroxylation is 1. The van der Waals surface area contributed by atoms with Gasteiger partial charge in [0.2, 0.25) is 5.91 Å². The van der Waals surface area contributed by atoms with Crippen molar-refractivity contribution in [2.45, 2.75) is 56.6 Å². The first-order valence-corrected chi connectivity index (χ1v) is 11.3. The number of likely N-dealkylation sites (tertiary alicyclic amines) is 1. The second-order valence-electron chi connectivity index (χ2n) is 9.47. The molecule has 1 spiro atoms. The van der Waals surface area contributed by atoms with Gasteiger partial charge in [-0.1, -0.05) is 18.2 Å². The van der Waals surface area contributed by atoms with Gasteiger partial charge in [0.1, 0.15) is 11.4 Å². The molecule has 1 saturated carbocycles. The summed E-state index contributed by atoms with van der Waals surface area (Å²) in [5, 5.41) is 7.44. The van der Waals surface area contributed by atoms with Crippen LogP contribution in [0.15, 0.2) is 36.7 Å². The summed E-state index contributed by atoms with van der Waals surface area (Å²) in [6.07, 6.45) is 10.1. The number of para-hydroxylation sites is 1. The Morgan fingerprint density at radius 2 is 2.07 bits per heavy atom. The lowest BCUT2D eigenvalue weighted by atomic mass is 9.76. The van der Waals surface area contributed by atoms with Crippen LogP contribution >= 0.6 is 0 Å². The fourth-order valence-corrected chi connectivity index (χ4v) is 5.04. The smallest absolute Gasteiger partial charge is 0.220 e. The van der Waals surface area contributed by atoms with E-state index in [1.54, 1.807) is 0 Å². The molecular formula is C24H32N4O2. The fourth-order valence-electron chi connectivity index (χ4n) is 5.04. The zero-order chi connectivity index (χ0) is 20.6. The first kappa shape index (κ1) is 19.6. The number of fused-ring (bicyclic) bond motifs is 1. The number of amides is 1. The van der Waals surface area contributed by atoms with E-state index < -0.39 is 0 Å². The molecule has 1 atom stereocenters. The number of carbonyl (C=O) groups excluding carboxylic acids is 1. The summed E-state index contributed by atoms with van der Waals surface area (Å²) in [6.45, 7) is 3.81. The van der Waals surface area contributed by atoms with Gasteiger partial charge in [0, 0.05) is 57.3 Å². The Morgan fingerprint density at radius 1 is 1.27 bits per heavy atom. The standard InChI is InChI=1S/C24H32N4O2/c1-27-16-19(15-26-27)17-28-10-8-24(9-11-28)13-20(12-23(29)25-14-18-6-7-18)21-4-2-3-5-22(21)30-24/h2-5,15-16,18,20H,6-14,17H2,1H3,(H,25,29)/t20-/m1/s1. The largest absolute Gasteiger partial charge is 0.487 e. The van der Waals surface area contributed by atoms with E-state index in [1.807, 2.05) is 24.0 Å². The van der Waals surface area contributed by atoms with Crippen LogP contribution in [0.2, 0.25) is 0 Å². The van der Waals surface area contributed by atoms with E-state index in [1.165, 1.54) is 24.0 Å². The number of hydrogen-bond acceptors (Lipinski definition) is 4. The van der Waals surface area contributed by atoms with Crippen molar-refractivity contribution in [3.63, 3.8) is 0 Å². The second kappa shape index (κ2) is 8.06. The highest BCUT2D eigenvalue weighted by Gasteiger charge is 2.43. The van der Waals surface area contributed by atoms with Crippen molar-refractivity contribution < 1.29 is 9.53 Å². The Labute approximate surface area is 178 Å². The molecule has 1 saturated heterocycles. The summed E-state index contributed by atoms with van der Waals surface area (Å²) in [5.74, 6) is 2.11. The van der Waals surface area contributed by atoms with Crippen molar-refractivity contribution in [3.8, 4) is 5.75 Å². The molecule has 1 N–H and O–H groups in total. The molecule has 1 amide bonds. The maximum atomic E-state index is 12.6. The molecule has 30 heavy (non-hydrogen) atoms. The predicted molar refractivity (Wildman–Crippen MR) is 115 cm³/mol. The third-order valence-electron chi connectivity index (χ3n) is 6.95. The number of hydrogen-bond donors (Lipinski definition) is 1. The molecule has 1 aromatic carbocycles. The van der Waals surface area contributed by atoms with Crippen LogP contribution in [-0.2, 0) is 18.4 Å². The third kappa shape index (κ3) is 4.38. The van der Waals surface area contributed by atoms with Gasteiger partial charge in [0.25, 0.3) is 0 Å². The Hall–Kier alpha value is -2.34. The number of nitrogens with zero attached hydrogens (tertiary/aromatic N) is 3. The Morgan fingerprint density at radius 3 is 2.80 bits per heavy atom. The first-order chi connectivity index (χ1) is 14.6.